The third-order valence-corrected chi connectivity index (χ3v) is 6.10. The van der Waals surface area contributed by atoms with Crippen molar-refractivity contribution in [2.75, 3.05) is 12.4 Å². The third kappa shape index (κ3) is 5.77. The second-order valence-electron chi connectivity index (χ2n) is 6.52. The molecule has 0 bridgehead atoms. The number of hydrogen-bond donors (Lipinski definition) is 0. The minimum atomic E-state index is -3.24. The Kier molecular flexibility index (Phi) is 5.98. The summed E-state index contributed by atoms with van der Waals surface area (Å²) in [6.07, 6.45) is 0. The largest absolute Gasteiger partial charge is 0.417 e. The summed E-state index contributed by atoms with van der Waals surface area (Å²) < 4.78 is 30.8. The first kappa shape index (κ1) is 17.4. The van der Waals surface area contributed by atoms with Crippen LogP contribution in [0.2, 0.25) is 19.6 Å². The van der Waals surface area contributed by atoms with Crippen LogP contribution in [0.3, 0.4) is 0 Å². The molecule has 0 aromatic heterocycles. The first-order valence-corrected chi connectivity index (χ1v) is 12.1. The van der Waals surface area contributed by atoms with Gasteiger partial charge in [-0.1, -0.05) is 32.0 Å². The molecule has 0 aliphatic carbocycles. The van der Waals surface area contributed by atoms with Gasteiger partial charge in [-0.15, -0.1) is 0 Å². The zero-order valence-corrected chi connectivity index (χ0v) is 14.9. The Hall–Kier alpha value is -0.653. The molecule has 1 aromatic carbocycles. The summed E-state index contributed by atoms with van der Waals surface area (Å²) in [7, 11) is -4.85. The van der Waals surface area contributed by atoms with Gasteiger partial charge in [0, 0.05) is 6.61 Å². The van der Waals surface area contributed by atoms with Gasteiger partial charge in [0.05, 0.1) is 10.6 Å². The average molecular weight is 315 g/mol. The molecule has 1 unspecified atom stereocenters. The summed E-state index contributed by atoms with van der Waals surface area (Å²) in [5.74, 6) is 0.468. The summed E-state index contributed by atoms with van der Waals surface area (Å²) in [6.45, 7) is 11.0. The lowest BCUT2D eigenvalue weighted by atomic mass is 9.99. The monoisotopic (exact) mass is 314 g/mol. The number of hydrogen-bond acceptors (Lipinski definition) is 3. The van der Waals surface area contributed by atoms with Crippen molar-refractivity contribution < 1.29 is 12.8 Å². The lowest BCUT2D eigenvalue weighted by Gasteiger charge is -2.25. The summed E-state index contributed by atoms with van der Waals surface area (Å²) in [5, 5.41) is 0. The predicted octanol–water partition coefficient (Wildman–Crippen LogP) is 3.58. The van der Waals surface area contributed by atoms with Crippen molar-refractivity contribution in [1.29, 1.82) is 0 Å². The zero-order chi connectivity index (χ0) is 15.4. The second-order valence-corrected chi connectivity index (χ2v) is 13.1. The average Bonchev–Trinajstić information content (AvgIpc) is 2.34. The van der Waals surface area contributed by atoms with E-state index >= 15 is 0 Å². The van der Waals surface area contributed by atoms with Crippen molar-refractivity contribution in [2.45, 2.75) is 38.4 Å². The normalized spacial score (nSPS) is 14.5. The van der Waals surface area contributed by atoms with Gasteiger partial charge in [0.25, 0.3) is 0 Å². The summed E-state index contributed by atoms with van der Waals surface area (Å²) in [5.41, 5.74) is 0. The van der Waals surface area contributed by atoms with Crippen molar-refractivity contribution in [3.8, 4) is 0 Å². The quantitative estimate of drug-likeness (QED) is 0.722. The van der Waals surface area contributed by atoms with Gasteiger partial charge in [-0.25, -0.2) is 8.42 Å². The lowest BCUT2D eigenvalue weighted by molar-refractivity contribution is 0.219. The molecule has 0 saturated heterocycles. The molecule has 0 N–H and O–H groups in total. The first-order chi connectivity index (χ1) is 9.12. The van der Waals surface area contributed by atoms with Gasteiger partial charge < -0.3 is 4.43 Å². The van der Waals surface area contributed by atoms with Gasteiger partial charge in [-0.05, 0) is 43.6 Å². The molecule has 1 rings (SSSR count). The van der Waals surface area contributed by atoms with Gasteiger partial charge in [0.15, 0.2) is 18.2 Å². The first-order valence-electron chi connectivity index (χ1n) is 7.03. The third-order valence-electron chi connectivity index (χ3n) is 3.21. The Morgan fingerprint density at radius 2 is 1.65 bits per heavy atom. The molecule has 114 valence electrons. The van der Waals surface area contributed by atoms with Gasteiger partial charge in [0.2, 0.25) is 0 Å². The molecular formula is C15H26O3SSi. The van der Waals surface area contributed by atoms with E-state index in [1.807, 2.05) is 6.07 Å². The van der Waals surface area contributed by atoms with E-state index in [9.17, 15) is 8.42 Å². The summed E-state index contributed by atoms with van der Waals surface area (Å²) in [6, 6.07) is 8.66. The van der Waals surface area contributed by atoms with E-state index in [2.05, 4.69) is 33.5 Å². The zero-order valence-electron chi connectivity index (χ0n) is 13.1. The molecule has 20 heavy (non-hydrogen) atoms. The fourth-order valence-electron chi connectivity index (χ4n) is 1.80. The molecule has 0 saturated carbocycles. The van der Waals surface area contributed by atoms with Gasteiger partial charge in [-0.2, -0.15) is 0 Å². The lowest BCUT2D eigenvalue weighted by Crippen LogP contribution is -2.33. The van der Waals surface area contributed by atoms with Gasteiger partial charge in [0.1, 0.15) is 0 Å². The van der Waals surface area contributed by atoms with Crippen LogP contribution < -0.4 is 0 Å². The predicted molar refractivity (Wildman–Crippen MR) is 86.1 cm³/mol. The highest BCUT2D eigenvalue weighted by atomic mass is 32.2. The van der Waals surface area contributed by atoms with Crippen LogP contribution in [0.4, 0.5) is 0 Å². The van der Waals surface area contributed by atoms with Crippen LogP contribution in [0.1, 0.15) is 13.8 Å². The van der Waals surface area contributed by atoms with Crippen molar-refractivity contribution in [2.24, 2.45) is 11.8 Å². The maximum atomic E-state index is 12.4. The Labute approximate surface area is 124 Å². The highest BCUT2D eigenvalue weighted by Gasteiger charge is 2.26. The fraction of sp³-hybridized carbons (Fsp3) is 0.600. The van der Waals surface area contributed by atoms with Crippen molar-refractivity contribution in [1.82, 2.24) is 0 Å². The molecule has 0 aliphatic heterocycles. The van der Waals surface area contributed by atoms with Gasteiger partial charge >= 0.3 is 0 Å². The van der Waals surface area contributed by atoms with Crippen LogP contribution in [0.25, 0.3) is 0 Å². The van der Waals surface area contributed by atoms with Crippen LogP contribution >= 0.6 is 0 Å². The minimum Gasteiger partial charge on any atom is -0.417 e. The van der Waals surface area contributed by atoms with Crippen molar-refractivity contribution in [3.63, 3.8) is 0 Å². The van der Waals surface area contributed by atoms with Crippen LogP contribution in [0.15, 0.2) is 35.2 Å². The molecule has 0 amide bonds. The van der Waals surface area contributed by atoms with Gasteiger partial charge in [-0.3, -0.25) is 0 Å². The van der Waals surface area contributed by atoms with E-state index in [4.69, 9.17) is 4.43 Å². The van der Waals surface area contributed by atoms with E-state index in [1.54, 1.807) is 24.3 Å². The molecule has 0 heterocycles. The highest BCUT2D eigenvalue weighted by molar-refractivity contribution is 7.91. The van der Waals surface area contributed by atoms with E-state index in [-0.39, 0.29) is 17.6 Å². The van der Waals surface area contributed by atoms with Crippen LogP contribution in [0, 0.1) is 11.8 Å². The Bertz CT molecular complexity index is 504. The standard InChI is InChI=1S/C15H26O3SSi/c1-13(2)14(11-18-20(3,4)5)12-19(16,17)15-9-7-6-8-10-15/h6-10,13-14H,11-12H2,1-5H3. The Morgan fingerprint density at radius 1 is 1.10 bits per heavy atom. The van der Waals surface area contributed by atoms with Crippen molar-refractivity contribution >= 4 is 18.2 Å². The molecule has 1 aromatic rings. The topological polar surface area (TPSA) is 43.4 Å². The van der Waals surface area contributed by atoms with Crippen LogP contribution in [-0.2, 0) is 14.3 Å². The van der Waals surface area contributed by atoms with Crippen molar-refractivity contribution in [3.05, 3.63) is 30.3 Å². The molecule has 0 spiro atoms. The van der Waals surface area contributed by atoms with Crippen LogP contribution in [0.5, 0.6) is 0 Å². The SMILES string of the molecule is CC(C)C(CO[Si](C)(C)C)CS(=O)(=O)c1ccccc1. The molecule has 0 aliphatic rings. The maximum absolute atomic E-state index is 12.4. The van der Waals surface area contributed by atoms with E-state index in [0.29, 0.717) is 11.5 Å². The second kappa shape index (κ2) is 6.87. The molecule has 5 heteroatoms. The van der Waals surface area contributed by atoms with Crippen LogP contribution in [-0.4, -0.2) is 29.1 Å². The molecule has 3 nitrogen and oxygen atoms in total. The molecular weight excluding hydrogens is 288 g/mol. The Balaban J connectivity index is 2.80. The number of rotatable bonds is 7. The van der Waals surface area contributed by atoms with E-state index in [0.717, 1.165) is 0 Å². The molecule has 1 atom stereocenters. The Morgan fingerprint density at radius 3 is 2.10 bits per heavy atom. The summed E-state index contributed by atoms with van der Waals surface area (Å²) >= 11 is 0. The molecule has 0 fully saturated rings. The minimum absolute atomic E-state index is 0.0342. The van der Waals surface area contributed by atoms with E-state index < -0.39 is 18.2 Å². The fourth-order valence-corrected chi connectivity index (χ4v) is 4.32. The number of benzene rings is 1. The highest BCUT2D eigenvalue weighted by Crippen LogP contribution is 2.21. The maximum Gasteiger partial charge on any atom is 0.183 e. The smallest absolute Gasteiger partial charge is 0.183 e. The summed E-state index contributed by atoms with van der Waals surface area (Å²) in [4.78, 5) is 0.402. The van der Waals surface area contributed by atoms with E-state index in [1.165, 1.54) is 0 Å². The molecule has 0 radical (unpaired) electrons. The number of sulfone groups is 1.